The van der Waals surface area contributed by atoms with Crippen LogP contribution in [0.1, 0.15) is 53.4 Å². The van der Waals surface area contributed by atoms with Gasteiger partial charge in [-0.2, -0.15) is 0 Å². The van der Waals surface area contributed by atoms with Crippen LogP contribution in [0.25, 0.3) is 6.08 Å². The molecular weight excluding hydrogens is 366 g/mol. The van der Waals surface area contributed by atoms with Crippen molar-refractivity contribution in [3.63, 3.8) is 0 Å². The van der Waals surface area contributed by atoms with Gasteiger partial charge in [-0.15, -0.1) is 22.7 Å². The zero-order valence-electron chi connectivity index (χ0n) is 15.3. The van der Waals surface area contributed by atoms with Gasteiger partial charge in [-0.25, -0.2) is 0 Å². The van der Waals surface area contributed by atoms with Gasteiger partial charge in [-0.1, -0.05) is 6.07 Å². The first kappa shape index (κ1) is 18.8. The summed E-state index contributed by atoms with van der Waals surface area (Å²) < 4.78 is 0. The van der Waals surface area contributed by atoms with E-state index in [1.807, 2.05) is 17.5 Å². The van der Waals surface area contributed by atoms with Crippen molar-refractivity contribution in [2.75, 3.05) is 5.32 Å². The second-order valence-corrected chi connectivity index (χ2v) is 9.63. The van der Waals surface area contributed by atoms with E-state index in [0.29, 0.717) is 17.0 Å². The van der Waals surface area contributed by atoms with Crippen LogP contribution in [0.4, 0.5) is 5.00 Å². The summed E-state index contributed by atoms with van der Waals surface area (Å²) in [5.41, 5.74) is 6.57. The quantitative estimate of drug-likeness (QED) is 0.697. The molecule has 0 bridgehead atoms. The zero-order chi connectivity index (χ0) is 19.1. The highest BCUT2D eigenvalue weighted by molar-refractivity contribution is 7.17. The van der Waals surface area contributed by atoms with Crippen molar-refractivity contribution in [2.24, 2.45) is 5.73 Å². The molecule has 0 unspecified atom stereocenters. The second-order valence-electron chi connectivity index (χ2n) is 7.63. The molecule has 0 atom stereocenters. The fraction of sp³-hybridized carbons (Fsp3) is 0.368. The number of carbonyl (C=O) groups is 2. The molecule has 2 aromatic heterocycles. The Bertz CT molecular complexity index is 877. The van der Waals surface area contributed by atoms with Crippen molar-refractivity contribution in [3.05, 3.63) is 44.5 Å². The third-order valence-corrected chi connectivity index (χ3v) is 6.58. The van der Waals surface area contributed by atoms with Gasteiger partial charge in [0.1, 0.15) is 5.00 Å². The number of fused-ring (bicyclic) bond motifs is 1. The Morgan fingerprint density at radius 2 is 2.04 bits per heavy atom. The molecule has 0 fully saturated rings. The van der Waals surface area contributed by atoms with E-state index in [1.165, 1.54) is 17.4 Å². The van der Waals surface area contributed by atoms with Gasteiger partial charge < -0.3 is 16.4 Å². The topological polar surface area (TPSA) is 84.2 Å². The summed E-state index contributed by atoms with van der Waals surface area (Å²) in [6, 6.07) is 3.86. The van der Waals surface area contributed by atoms with E-state index in [1.54, 1.807) is 17.4 Å². The molecule has 0 saturated heterocycles. The largest absolute Gasteiger partial charge is 0.365 e. The maximum Gasteiger partial charge on any atom is 0.251 e. The number of nitrogens with two attached hydrogens (primary N) is 1. The van der Waals surface area contributed by atoms with Crippen molar-refractivity contribution in [1.29, 1.82) is 0 Å². The number of rotatable bonds is 4. The number of carbonyl (C=O) groups excluding carboxylic acids is 2. The highest BCUT2D eigenvalue weighted by Gasteiger charge is 2.41. The van der Waals surface area contributed by atoms with Gasteiger partial charge in [0.25, 0.3) is 5.91 Å². The average Bonchev–Trinajstić information content (AvgIpc) is 3.10. The van der Waals surface area contributed by atoms with Crippen LogP contribution in [0, 0.1) is 0 Å². The fourth-order valence-corrected chi connectivity index (χ4v) is 5.48. The summed E-state index contributed by atoms with van der Waals surface area (Å²) >= 11 is 2.98. The van der Waals surface area contributed by atoms with Gasteiger partial charge in [-0.05, 0) is 57.2 Å². The van der Waals surface area contributed by atoms with Crippen LogP contribution in [-0.4, -0.2) is 17.4 Å². The van der Waals surface area contributed by atoms with E-state index in [9.17, 15) is 9.59 Å². The van der Waals surface area contributed by atoms with Crippen molar-refractivity contribution >= 4 is 45.6 Å². The summed E-state index contributed by atoms with van der Waals surface area (Å²) in [6.07, 6.45) is 3.91. The number of anilines is 1. The minimum atomic E-state index is -0.506. The number of amides is 2. The van der Waals surface area contributed by atoms with Gasteiger partial charge in [-0.3, -0.25) is 9.59 Å². The summed E-state index contributed by atoms with van der Waals surface area (Å²) in [5.74, 6) is -0.780. The summed E-state index contributed by atoms with van der Waals surface area (Å²) in [4.78, 5) is 26.5. The van der Waals surface area contributed by atoms with Crippen LogP contribution in [0.5, 0.6) is 0 Å². The molecule has 2 aromatic rings. The molecule has 0 aliphatic carbocycles. The lowest BCUT2D eigenvalue weighted by Gasteiger charge is -2.42. The van der Waals surface area contributed by atoms with Gasteiger partial charge >= 0.3 is 0 Å². The molecule has 1 aliphatic rings. The first-order valence-corrected chi connectivity index (χ1v) is 10.1. The molecule has 5 nitrogen and oxygen atoms in total. The molecule has 0 radical (unpaired) electrons. The molecule has 2 amide bonds. The molecule has 138 valence electrons. The Labute approximate surface area is 161 Å². The van der Waals surface area contributed by atoms with E-state index in [2.05, 4.69) is 38.3 Å². The molecule has 4 N–H and O–H groups in total. The van der Waals surface area contributed by atoms with Crippen LogP contribution >= 0.6 is 22.7 Å². The molecular formula is C19H23N3O2S2. The second kappa shape index (κ2) is 6.64. The minimum Gasteiger partial charge on any atom is -0.365 e. The Kier molecular flexibility index (Phi) is 4.81. The maximum absolute atomic E-state index is 12.3. The molecule has 7 heteroatoms. The third kappa shape index (κ3) is 3.75. The smallest absolute Gasteiger partial charge is 0.251 e. The zero-order valence-corrected chi connectivity index (χ0v) is 16.9. The monoisotopic (exact) mass is 389 g/mol. The third-order valence-electron chi connectivity index (χ3n) is 4.27. The molecule has 3 rings (SSSR count). The predicted molar refractivity (Wildman–Crippen MR) is 109 cm³/mol. The lowest BCUT2D eigenvalue weighted by atomic mass is 9.81. The number of hydrogen-bond acceptors (Lipinski definition) is 5. The maximum atomic E-state index is 12.3. The van der Waals surface area contributed by atoms with E-state index in [4.69, 9.17) is 5.73 Å². The SMILES string of the molecule is CC1(C)Cc2c(sc(NC(=O)/C=C/c3cccs3)c2C(N)=O)C(C)(C)N1. The van der Waals surface area contributed by atoms with Crippen LogP contribution < -0.4 is 16.4 Å². The minimum absolute atomic E-state index is 0.165. The first-order valence-electron chi connectivity index (χ1n) is 8.37. The molecule has 26 heavy (non-hydrogen) atoms. The van der Waals surface area contributed by atoms with Crippen LogP contribution in [-0.2, 0) is 16.8 Å². The molecule has 1 aliphatic heterocycles. The van der Waals surface area contributed by atoms with Crippen molar-refractivity contribution < 1.29 is 9.59 Å². The van der Waals surface area contributed by atoms with Gasteiger partial charge in [0.15, 0.2) is 0 Å². The van der Waals surface area contributed by atoms with E-state index >= 15 is 0 Å². The Hall–Kier alpha value is -1.96. The Morgan fingerprint density at radius 3 is 2.65 bits per heavy atom. The lowest BCUT2D eigenvalue weighted by Crippen LogP contribution is -2.55. The van der Waals surface area contributed by atoms with Gasteiger partial charge in [0, 0.05) is 26.9 Å². The summed E-state index contributed by atoms with van der Waals surface area (Å²) in [6.45, 7) is 8.36. The van der Waals surface area contributed by atoms with E-state index in [0.717, 1.165) is 15.3 Å². The fourth-order valence-electron chi connectivity index (χ4n) is 3.57. The average molecular weight is 390 g/mol. The number of nitrogens with one attached hydrogen (secondary N) is 2. The van der Waals surface area contributed by atoms with Crippen molar-refractivity contribution in [1.82, 2.24) is 5.32 Å². The molecule has 3 heterocycles. The number of primary amides is 1. The van der Waals surface area contributed by atoms with Crippen LogP contribution in [0.3, 0.4) is 0 Å². The number of thiophene rings is 2. The van der Waals surface area contributed by atoms with Crippen molar-refractivity contribution in [2.45, 2.75) is 45.2 Å². The molecule has 0 saturated carbocycles. The first-order chi connectivity index (χ1) is 12.1. The highest BCUT2D eigenvalue weighted by Crippen LogP contribution is 2.44. The predicted octanol–water partition coefficient (Wildman–Crippen LogP) is 3.72. The molecule has 0 aromatic carbocycles. The van der Waals surface area contributed by atoms with Crippen LogP contribution in [0.15, 0.2) is 23.6 Å². The van der Waals surface area contributed by atoms with E-state index < -0.39 is 5.91 Å². The van der Waals surface area contributed by atoms with Crippen LogP contribution in [0.2, 0.25) is 0 Å². The van der Waals surface area contributed by atoms with Gasteiger partial charge in [0.2, 0.25) is 5.91 Å². The Morgan fingerprint density at radius 1 is 1.31 bits per heavy atom. The summed E-state index contributed by atoms with van der Waals surface area (Å²) in [7, 11) is 0. The summed E-state index contributed by atoms with van der Waals surface area (Å²) in [5, 5.41) is 8.92. The Balaban J connectivity index is 1.94. The van der Waals surface area contributed by atoms with Gasteiger partial charge in [0.05, 0.1) is 5.56 Å². The lowest BCUT2D eigenvalue weighted by molar-refractivity contribution is -0.111. The number of hydrogen-bond donors (Lipinski definition) is 3. The normalized spacial score (nSPS) is 17.8. The molecule has 0 spiro atoms. The van der Waals surface area contributed by atoms with E-state index in [-0.39, 0.29) is 17.0 Å². The standard InChI is InChI=1S/C19H23N3O2S2/c1-18(2)10-12-14(16(20)24)17(26-15(12)19(3,4)22-18)21-13(23)8-7-11-6-5-9-25-11/h5-9,22H,10H2,1-4H3,(H2,20,24)(H,21,23)/b8-7+. The highest BCUT2D eigenvalue weighted by atomic mass is 32.1. The van der Waals surface area contributed by atoms with Crippen molar-refractivity contribution in [3.8, 4) is 0 Å².